The first kappa shape index (κ1) is 16.3. The van der Waals surface area contributed by atoms with E-state index >= 15 is 0 Å². The van der Waals surface area contributed by atoms with Crippen LogP contribution >= 0.6 is 0 Å². The highest BCUT2D eigenvalue weighted by Gasteiger charge is 2.17. The predicted octanol–water partition coefficient (Wildman–Crippen LogP) is 3.53. The lowest BCUT2D eigenvalue weighted by Crippen LogP contribution is -2.16. The number of ether oxygens (including phenoxy) is 2. The lowest BCUT2D eigenvalue weighted by molar-refractivity contribution is -0.141. The molecule has 0 bridgehead atoms. The van der Waals surface area contributed by atoms with Crippen molar-refractivity contribution in [1.29, 1.82) is 0 Å². The Bertz CT molecular complexity index is 428. The van der Waals surface area contributed by atoms with E-state index in [0.717, 1.165) is 18.4 Å². The van der Waals surface area contributed by atoms with Crippen LogP contribution in [0.3, 0.4) is 0 Å². The fourth-order valence-electron chi connectivity index (χ4n) is 2.12. The number of aliphatic carboxylic acids is 1. The molecule has 1 aromatic rings. The Kier molecular flexibility index (Phi) is 6.91. The summed E-state index contributed by atoms with van der Waals surface area (Å²) in [5, 5.41) is 9.21. The molecule has 0 aliphatic heterocycles. The van der Waals surface area contributed by atoms with Gasteiger partial charge in [0, 0.05) is 0 Å². The number of carbonyl (C=O) groups is 1. The number of hydrogen-bond donors (Lipinski definition) is 1. The van der Waals surface area contributed by atoms with Crippen molar-refractivity contribution in [1.82, 2.24) is 0 Å². The Labute approximate surface area is 120 Å². The maximum atomic E-state index is 11.2. The molecule has 4 nitrogen and oxygen atoms in total. The molecule has 0 radical (unpaired) electrons. The average Bonchev–Trinajstić information content (AvgIpc) is 2.45. The van der Waals surface area contributed by atoms with Crippen LogP contribution in [0.4, 0.5) is 0 Å². The standard InChI is InChI=1S/C16H24O4/c1-4-6-13(16(17)18)10-12-7-8-14(20-9-5-2)15(11-12)19-3/h7-8,11,13H,4-6,9-10H2,1-3H3,(H,17,18). The van der Waals surface area contributed by atoms with Gasteiger partial charge in [0.2, 0.25) is 0 Å². The molecule has 0 fully saturated rings. The molecule has 0 amide bonds. The lowest BCUT2D eigenvalue weighted by Gasteiger charge is -2.14. The number of rotatable bonds is 9. The Morgan fingerprint density at radius 2 is 2.00 bits per heavy atom. The van der Waals surface area contributed by atoms with Crippen molar-refractivity contribution in [2.75, 3.05) is 13.7 Å². The number of carboxylic acid groups (broad SMARTS) is 1. The van der Waals surface area contributed by atoms with Gasteiger partial charge in [0.05, 0.1) is 19.6 Å². The maximum Gasteiger partial charge on any atom is 0.306 e. The van der Waals surface area contributed by atoms with Gasteiger partial charge in [0.15, 0.2) is 11.5 Å². The molecule has 112 valence electrons. The number of carboxylic acids is 1. The Balaban J connectivity index is 2.83. The van der Waals surface area contributed by atoms with Gasteiger partial charge in [0.1, 0.15) is 0 Å². The molecular weight excluding hydrogens is 256 g/mol. The molecule has 1 atom stereocenters. The van der Waals surface area contributed by atoms with Crippen LogP contribution in [0.5, 0.6) is 11.5 Å². The lowest BCUT2D eigenvalue weighted by atomic mass is 9.95. The van der Waals surface area contributed by atoms with Crippen molar-refractivity contribution in [3.8, 4) is 11.5 Å². The Morgan fingerprint density at radius 3 is 2.55 bits per heavy atom. The number of methoxy groups -OCH3 is 1. The van der Waals surface area contributed by atoms with Crippen LogP contribution in [0.1, 0.15) is 38.7 Å². The average molecular weight is 280 g/mol. The van der Waals surface area contributed by atoms with Gasteiger partial charge in [-0.25, -0.2) is 0 Å². The van der Waals surface area contributed by atoms with E-state index < -0.39 is 5.97 Å². The number of benzene rings is 1. The first-order valence-corrected chi connectivity index (χ1v) is 7.14. The van der Waals surface area contributed by atoms with Gasteiger partial charge >= 0.3 is 5.97 Å². The summed E-state index contributed by atoms with van der Waals surface area (Å²) in [4.78, 5) is 11.2. The summed E-state index contributed by atoms with van der Waals surface area (Å²) in [6.07, 6.45) is 3.01. The van der Waals surface area contributed by atoms with Crippen LogP contribution in [-0.2, 0) is 11.2 Å². The van der Waals surface area contributed by atoms with E-state index in [0.29, 0.717) is 30.9 Å². The molecular formula is C16H24O4. The van der Waals surface area contributed by atoms with Crippen LogP contribution in [0.2, 0.25) is 0 Å². The van der Waals surface area contributed by atoms with Crippen LogP contribution in [-0.4, -0.2) is 24.8 Å². The van der Waals surface area contributed by atoms with Crippen LogP contribution in [0, 0.1) is 5.92 Å². The fraction of sp³-hybridized carbons (Fsp3) is 0.562. The maximum absolute atomic E-state index is 11.2. The van der Waals surface area contributed by atoms with Crippen molar-refractivity contribution in [3.05, 3.63) is 23.8 Å². The second-order valence-corrected chi connectivity index (χ2v) is 4.86. The van der Waals surface area contributed by atoms with Crippen LogP contribution in [0.25, 0.3) is 0 Å². The minimum absolute atomic E-state index is 0.341. The minimum atomic E-state index is -0.739. The SMILES string of the molecule is CCCOc1ccc(CC(CCC)C(=O)O)cc1OC. The van der Waals surface area contributed by atoms with Gasteiger partial charge in [-0.1, -0.05) is 26.3 Å². The molecule has 0 saturated carbocycles. The quantitative estimate of drug-likeness (QED) is 0.752. The molecule has 0 aromatic heterocycles. The number of hydrogen-bond acceptors (Lipinski definition) is 3. The van der Waals surface area contributed by atoms with Crippen molar-refractivity contribution in [2.24, 2.45) is 5.92 Å². The van der Waals surface area contributed by atoms with Gasteiger partial charge in [-0.3, -0.25) is 4.79 Å². The molecule has 0 spiro atoms. The molecule has 1 N–H and O–H groups in total. The molecule has 20 heavy (non-hydrogen) atoms. The molecule has 1 rings (SSSR count). The molecule has 1 aromatic carbocycles. The first-order valence-electron chi connectivity index (χ1n) is 7.14. The van der Waals surface area contributed by atoms with Crippen molar-refractivity contribution < 1.29 is 19.4 Å². The Hall–Kier alpha value is -1.71. The van der Waals surface area contributed by atoms with Crippen molar-refractivity contribution in [3.63, 3.8) is 0 Å². The van der Waals surface area contributed by atoms with Crippen LogP contribution in [0.15, 0.2) is 18.2 Å². The topological polar surface area (TPSA) is 55.8 Å². The molecule has 0 saturated heterocycles. The molecule has 1 unspecified atom stereocenters. The van der Waals surface area contributed by atoms with E-state index in [1.807, 2.05) is 32.0 Å². The second kappa shape index (κ2) is 8.46. The third kappa shape index (κ3) is 4.76. The third-order valence-electron chi connectivity index (χ3n) is 3.16. The summed E-state index contributed by atoms with van der Waals surface area (Å²) in [6.45, 7) is 4.69. The summed E-state index contributed by atoms with van der Waals surface area (Å²) in [6, 6.07) is 5.64. The van der Waals surface area contributed by atoms with Gasteiger partial charge in [-0.2, -0.15) is 0 Å². The summed E-state index contributed by atoms with van der Waals surface area (Å²) < 4.78 is 10.9. The normalized spacial score (nSPS) is 11.9. The molecule has 0 aliphatic carbocycles. The predicted molar refractivity (Wildman–Crippen MR) is 78.5 cm³/mol. The molecule has 0 aliphatic rings. The van der Waals surface area contributed by atoms with E-state index in [1.165, 1.54) is 0 Å². The highest BCUT2D eigenvalue weighted by molar-refractivity contribution is 5.70. The highest BCUT2D eigenvalue weighted by Crippen LogP contribution is 2.29. The van der Waals surface area contributed by atoms with E-state index in [1.54, 1.807) is 7.11 Å². The zero-order chi connectivity index (χ0) is 15.0. The second-order valence-electron chi connectivity index (χ2n) is 4.86. The van der Waals surface area contributed by atoms with Gasteiger partial charge in [0.25, 0.3) is 0 Å². The monoisotopic (exact) mass is 280 g/mol. The van der Waals surface area contributed by atoms with E-state index in [4.69, 9.17) is 9.47 Å². The zero-order valence-electron chi connectivity index (χ0n) is 12.5. The van der Waals surface area contributed by atoms with Crippen molar-refractivity contribution in [2.45, 2.75) is 39.5 Å². The van der Waals surface area contributed by atoms with E-state index in [2.05, 4.69) is 0 Å². The Morgan fingerprint density at radius 1 is 1.25 bits per heavy atom. The molecule has 0 heterocycles. The summed E-state index contributed by atoms with van der Waals surface area (Å²) >= 11 is 0. The highest BCUT2D eigenvalue weighted by atomic mass is 16.5. The van der Waals surface area contributed by atoms with Crippen LogP contribution < -0.4 is 9.47 Å². The van der Waals surface area contributed by atoms with E-state index in [9.17, 15) is 9.90 Å². The largest absolute Gasteiger partial charge is 0.493 e. The smallest absolute Gasteiger partial charge is 0.306 e. The first-order chi connectivity index (χ1) is 9.62. The van der Waals surface area contributed by atoms with Gasteiger partial charge < -0.3 is 14.6 Å². The van der Waals surface area contributed by atoms with Crippen molar-refractivity contribution >= 4 is 5.97 Å². The minimum Gasteiger partial charge on any atom is -0.493 e. The third-order valence-corrected chi connectivity index (χ3v) is 3.16. The van der Waals surface area contributed by atoms with Gasteiger partial charge in [-0.05, 0) is 37.0 Å². The van der Waals surface area contributed by atoms with E-state index in [-0.39, 0.29) is 5.92 Å². The summed E-state index contributed by atoms with van der Waals surface area (Å²) in [5.41, 5.74) is 0.964. The summed E-state index contributed by atoms with van der Waals surface area (Å²) in [7, 11) is 1.60. The van der Waals surface area contributed by atoms with Gasteiger partial charge in [-0.15, -0.1) is 0 Å². The zero-order valence-corrected chi connectivity index (χ0v) is 12.5. The molecule has 4 heteroatoms. The fourth-order valence-corrected chi connectivity index (χ4v) is 2.12. The summed E-state index contributed by atoms with van der Waals surface area (Å²) in [5.74, 6) is 0.293.